The molecule has 0 atom stereocenters. The van der Waals surface area contributed by atoms with E-state index in [2.05, 4.69) is 15.5 Å². The first-order valence-electron chi connectivity index (χ1n) is 8.93. The van der Waals surface area contributed by atoms with Crippen LogP contribution in [-0.4, -0.2) is 33.5 Å². The third kappa shape index (κ3) is 5.61. The highest BCUT2D eigenvalue weighted by Gasteiger charge is 2.30. The fourth-order valence-electron chi connectivity index (χ4n) is 2.69. The van der Waals surface area contributed by atoms with Crippen LogP contribution in [0.1, 0.15) is 17.0 Å². The smallest absolute Gasteiger partial charge is 0.377 e. The molecule has 3 aromatic rings. The summed E-state index contributed by atoms with van der Waals surface area (Å²) in [6.07, 6.45) is -4.42. The van der Waals surface area contributed by atoms with Gasteiger partial charge in [-0.25, -0.2) is 0 Å². The zero-order valence-corrected chi connectivity index (χ0v) is 16.8. The molecule has 1 heterocycles. The summed E-state index contributed by atoms with van der Waals surface area (Å²) in [4.78, 5) is 12.2. The summed E-state index contributed by atoms with van der Waals surface area (Å²) in [5.74, 6) is 0.306. The molecule has 0 aliphatic heterocycles. The number of amides is 1. The minimum atomic E-state index is -4.42. The Balaban J connectivity index is 1.63. The minimum Gasteiger partial charge on any atom is -0.377 e. The molecule has 6 nitrogen and oxygen atoms in total. The second-order valence-corrected chi connectivity index (χ2v) is 7.21. The van der Waals surface area contributed by atoms with Crippen LogP contribution in [0.25, 0.3) is 5.69 Å². The quantitative estimate of drug-likeness (QED) is 0.544. The highest BCUT2D eigenvalue weighted by molar-refractivity contribution is 7.99. The van der Waals surface area contributed by atoms with E-state index in [0.717, 1.165) is 17.8 Å². The van der Waals surface area contributed by atoms with Crippen molar-refractivity contribution in [2.24, 2.45) is 0 Å². The van der Waals surface area contributed by atoms with Gasteiger partial charge in [0.05, 0.1) is 11.3 Å². The van der Waals surface area contributed by atoms with Crippen molar-refractivity contribution in [2.75, 3.05) is 12.9 Å². The van der Waals surface area contributed by atoms with Crippen molar-refractivity contribution >= 4 is 17.7 Å². The Bertz CT molecular complexity index is 993. The van der Waals surface area contributed by atoms with Crippen LogP contribution in [0.4, 0.5) is 13.2 Å². The summed E-state index contributed by atoms with van der Waals surface area (Å²) in [7, 11) is 1.55. The molecular weight excluding hydrogens is 417 g/mol. The van der Waals surface area contributed by atoms with Crippen LogP contribution in [0.5, 0.6) is 0 Å². The summed E-state index contributed by atoms with van der Waals surface area (Å²) < 4.78 is 45.3. The third-order valence-electron chi connectivity index (χ3n) is 4.06. The number of benzene rings is 2. The SMILES string of the molecule is COCc1nnc(SCC(=O)NCc2cccc(C(F)(F)F)c2)n1-c1ccccc1. The monoisotopic (exact) mass is 436 g/mol. The number of rotatable bonds is 8. The number of aromatic nitrogens is 3. The van der Waals surface area contributed by atoms with Crippen molar-refractivity contribution in [3.05, 3.63) is 71.5 Å². The van der Waals surface area contributed by atoms with Gasteiger partial charge in [-0.2, -0.15) is 13.2 Å². The van der Waals surface area contributed by atoms with E-state index in [-0.39, 0.29) is 24.8 Å². The number of thioether (sulfide) groups is 1. The van der Waals surface area contributed by atoms with Crippen molar-refractivity contribution in [1.82, 2.24) is 20.1 Å². The predicted molar refractivity (Wildman–Crippen MR) is 106 cm³/mol. The van der Waals surface area contributed by atoms with Crippen LogP contribution in [0.2, 0.25) is 0 Å². The number of para-hydroxylation sites is 1. The topological polar surface area (TPSA) is 69.0 Å². The fourth-order valence-corrected chi connectivity index (χ4v) is 3.49. The minimum absolute atomic E-state index is 0.00359. The van der Waals surface area contributed by atoms with Gasteiger partial charge >= 0.3 is 6.18 Å². The van der Waals surface area contributed by atoms with Gasteiger partial charge in [0, 0.05) is 19.3 Å². The second kappa shape index (κ2) is 9.77. The van der Waals surface area contributed by atoms with Gasteiger partial charge in [0.2, 0.25) is 5.91 Å². The van der Waals surface area contributed by atoms with Crippen LogP contribution in [-0.2, 0) is 28.9 Å². The van der Waals surface area contributed by atoms with Crippen LogP contribution in [0.15, 0.2) is 59.8 Å². The van der Waals surface area contributed by atoms with E-state index < -0.39 is 11.7 Å². The highest BCUT2D eigenvalue weighted by atomic mass is 32.2. The highest BCUT2D eigenvalue weighted by Crippen LogP contribution is 2.29. The van der Waals surface area contributed by atoms with Gasteiger partial charge < -0.3 is 10.1 Å². The number of alkyl halides is 3. The molecule has 0 bridgehead atoms. The average molecular weight is 436 g/mol. The number of carbonyl (C=O) groups is 1. The van der Waals surface area contributed by atoms with Gasteiger partial charge in [-0.15, -0.1) is 10.2 Å². The Labute approximate surface area is 175 Å². The van der Waals surface area contributed by atoms with Crippen LogP contribution in [0.3, 0.4) is 0 Å². The third-order valence-corrected chi connectivity index (χ3v) is 4.99. The van der Waals surface area contributed by atoms with Gasteiger partial charge in [-0.3, -0.25) is 9.36 Å². The Morgan fingerprint density at radius 2 is 1.90 bits per heavy atom. The zero-order valence-electron chi connectivity index (χ0n) is 16.0. The largest absolute Gasteiger partial charge is 0.416 e. The number of hydrogen-bond acceptors (Lipinski definition) is 5. The van der Waals surface area contributed by atoms with Crippen molar-refractivity contribution in [3.63, 3.8) is 0 Å². The number of hydrogen-bond donors (Lipinski definition) is 1. The first-order valence-corrected chi connectivity index (χ1v) is 9.91. The van der Waals surface area contributed by atoms with Crippen molar-refractivity contribution in [3.8, 4) is 5.69 Å². The number of halogens is 3. The maximum absolute atomic E-state index is 12.8. The number of nitrogens with zero attached hydrogens (tertiary/aromatic N) is 3. The van der Waals surface area contributed by atoms with E-state index >= 15 is 0 Å². The van der Waals surface area contributed by atoms with Gasteiger partial charge in [-0.05, 0) is 29.8 Å². The molecule has 0 spiro atoms. The zero-order chi connectivity index (χ0) is 21.6. The molecule has 30 heavy (non-hydrogen) atoms. The molecule has 0 fully saturated rings. The van der Waals surface area contributed by atoms with Crippen molar-refractivity contribution < 1.29 is 22.7 Å². The van der Waals surface area contributed by atoms with E-state index in [4.69, 9.17) is 4.74 Å². The van der Waals surface area contributed by atoms with E-state index in [1.807, 2.05) is 30.3 Å². The summed E-state index contributed by atoms with van der Waals surface area (Å²) in [6, 6.07) is 14.3. The lowest BCUT2D eigenvalue weighted by Crippen LogP contribution is -2.25. The number of nitrogens with one attached hydrogen (secondary N) is 1. The van der Waals surface area contributed by atoms with E-state index in [1.165, 1.54) is 23.9 Å². The Morgan fingerprint density at radius 3 is 2.60 bits per heavy atom. The lowest BCUT2D eigenvalue weighted by Gasteiger charge is -2.11. The molecule has 0 aliphatic rings. The van der Waals surface area contributed by atoms with E-state index in [0.29, 0.717) is 16.5 Å². The summed E-state index contributed by atoms with van der Waals surface area (Å²) in [6.45, 7) is 0.258. The molecular formula is C20H19F3N4O2S. The molecule has 0 radical (unpaired) electrons. The van der Waals surface area contributed by atoms with Crippen LogP contribution < -0.4 is 5.32 Å². The maximum atomic E-state index is 12.8. The van der Waals surface area contributed by atoms with Gasteiger partial charge in [-0.1, -0.05) is 42.1 Å². The molecule has 1 aromatic heterocycles. The second-order valence-electron chi connectivity index (χ2n) is 6.27. The van der Waals surface area contributed by atoms with Crippen molar-refractivity contribution in [2.45, 2.75) is 24.5 Å². The maximum Gasteiger partial charge on any atom is 0.416 e. The van der Waals surface area contributed by atoms with Gasteiger partial charge in [0.1, 0.15) is 6.61 Å². The lowest BCUT2D eigenvalue weighted by atomic mass is 10.1. The van der Waals surface area contributed by atoms with Crippen molar-refractivity contribution in [1.29, 1.82) is 0 Å². The molecule has 0 aliphatic carbocycles. The van der Waals surface area contributed by atoms with Gasteiger partial charge in [0.15, 0.2) is 11.0 Å². The summed E-state index contributed by atoms with van der Waals surface area (Å²) in [5.41, 5.74) is 0.463. The molecule has 1 amide bonds. The molecule has 2 aromatic carbocycles. The van der Waals surface area contributed by atoms with E-state index in [9.17, 15) is 18.0 Å². The summed E-state index contributed by atoms with van der Waals surface area (Å²) >= 11 is 1.18. The van der Waals surface area contributed by atoms with E-state index in [1.54, 1.807) is 11.7 Å². The Kier molecular flexibility index (Phi) is 7.11. The van der Waals surface area contributed by atoms with Gasteiger partial charge in [0.25, 0.3) is 0 Å². The molecule has 158 valence electrons. The molecule has 10 heteroatoms. The first kappa shape index (κ1) is 21.8. The fraction of sp³-hybridized carbons (Fsp3) is 0.250. The molecule has 0 saturated carbocycles. The molecule has 1 N–H and O–H groups in total. The number of carbonyl (C=O) groups excluding carboxylic acids is 1. The Morgan fingerprint density at radius 1 is 1.13 bits per heavy atom. The number of ether oxygens (including phenoxy) is 1. The predicted octanol–water partition coefficient (Wildman–Crippen LogP) is 3.84. The lowest BCUT2D eigenvalue weighted by molar-refractivity contribution is -0.137. The first-order chi connectivity index (χ1) is 14.4. The van der Waals surface area contributed by atoms with Crippen LogP contribution >= 0.6 is 11.8 Å². The Hall–Kier alpha value is -2.85. The molecule has 0 unspecified atom stereocenters. The standard InChI is InChI=1S/C20H19F3N4O2S/c1-29-12-17-25-26-19(27(17)16-8-3-2-4-9-16)30-13-18(28)24-11-14-6-5-7-15(10-14)20(21,22)23/h2-10H,11-13H2,1H3,(H,24,28). The van der Waals surface area contributed by atoms with Crippen LogP contribution in [0, 0.1) is 0 Å². The average Bonchev–Trinajstić information content (AvgIpc) is 3.14. The molecule has 3 rings (SSSR count). The summed E-state index contributed by atoms with van der Waals surface area (Å²) in [5, 5.41) is 11.4. The normalized spacial score (nSPS) is 11.5. The molecule has 0 saturated heterocycles. The number of methoxy groups -OCH3 is 1.